The number of unbranched alkanes of at least 4 members (excludes halogenated alkanes) is 3. The minimum atomic E-state index is -4.33. The van der Waals surface area contributed by atoms with Gasteiger partial charge in [0.1, 0.15) is 0 Å². The fraction of sp³-hybridized carbons (Fsp3) is 0.727. The van der Waals surface area contributed by atoms with E-state index in [1.807, 2.05) is 0 Å². The largest absolute Gasteiger partial charge is 0.457 e. The van der Waals surface area contributed by atoms with E-state index in [-0.39, 0.29) is 0 Å². The van der Waals surface area contributed by atoms with E-state index >= 15 is 0 Å². The molecule has 0 saturated carbocycles. The highest BCUT2D eigenvalue weighted by atomic mass is 32.2. The van der Waals surface area contributed by atoms with Crippen LogP contribution in [0.15, 0.2) is 0 Å². The molecule has 0 N–H and O–H groups in total. The molecule has 0 saturated heterocycles. The molecule has 0 aliphatic heterocycles. The van der Waals surface area contributed by atoms with Gasteiger partial charge >= 0.3 is 6.18 Å². The van der Waals surface area contributed by atoms with E-state index in [0.29, 0.717) is 6.42 Å². The second kappa shape index (κ2) is 8.96. The van der Waals surface area contributed by atoms with Crippen LogP contribution >= 0.6 is 11.8 Å². The second-order valence-electron chi connectivity index (χ2n) is 3.06. The molecule has 0 rings (SSSR count). The van der Waals surface area contributed by atoms with Gasteiger partial charge in [0, 0.05) is 18.1 Å². The summed E-state index contributed by atoms with van der Waals surface area (Å²) in [5, 5.41) is 0. The highest BCUT2D eigenvalue weighted by Crippen LogP contribution is 2.13. The zero-order valence-electron chi connectivity index (χ0n) is 8.86. The highest BCUT2D eigenvalue weighted by molar-refractivity contribution is 8.01. The summed E-state index contributed by atoms with van der Waals surface area (Å²) in [6.07, 6.45) is -0.156. The average molecular weight is 237 g/mol. The van der Waals surface area contributed by atoms with Crippen LogP contribution < -0.4 is 0 Å². The van der Waals surface area contributed by atoms with Crippen LogP contribution in [0.5, 0.6) is 0 Å². The zero-order valence-corrected chi connectivity index (χ0v) is 9.68. The van der Waals surface area contributed by atoms with Gasteiger partial charge in [0.05, 0.1) is 0 Å². The van der Waals surface area contributed by atoms with Gasteiger partial charge in [-0.2, -0.15) is 24.9 Å². The number of rotatable bonds is 7. The van der Waals surface area contributed by atoms with Crippen LogP contribution in [-0.2, 0) is 0 Å². The maximum atomic E-state index is 11.6. The molecular weight excluding hydrogens is 221 g/mol. The van der Waals surface area contributed by atoms with E-state index in [1.165, 1.54) is 5.92 Å². The summed E-state index contributed by atoms with van der Waals surface area (Å²) in [7, 11) is 0. The standard InChI is InChI=1S/C11H16F3S/c1-2-9-15-10-7-5-3-4-6-8-11(12,13)14/h9H,2-5,7,10H2,1H3. The van der Waals surface area contributed by atoms with Crippen molar-refractivity contribution in [2.75, 3.05) is 5.75 Å². The molecule has 0 atom stereocenters. The molecule has 0 aliphatic carbocycles. The van der Waals surface area contributed by atoms with Crippen LogP contribution in [0.4, 0.5) is 13.2 Å². The number of alkyl halides is 3. The number of hydrogen-bond donors (Lipinski definition) is 0. The summed E-state index contributed by atoms with van der Waals surface area (Å²) in [6.45, 7) is 2.08. The first-order valence-electron chi connectivity index (χ1n) is 5.06. The first-order valence-corrected chi connectivity index (χ1v) is 6.11. The molecule has 0 aliphatic rings. The Morgan fingerprint density at radius 1 is 1.20 bits per heavy atom. The minimum absolute atomic E-state index is 0.349. The van der Waals surface area contributed by atoms with Gasteiger partial charge in [0.25, 0.3) is 0 Å². The number of thioether (sulfide) groups is 1. The molecule has 87 valence electrons. The Hall–Kier alpha value is -0.300. The van der Waals surface area contributed by atoms with Gasteiger partial charge in [-0.15, -0.1) is 0 Å². The lowest BCUT2D eigenvalue weighted by atomic mass is 10.2. The van der Waals surface area contributed by atoms with E-state index in [1.54, 1.807) is 11.8 Å². The molecule has 0 fully saturated rings. The third-order valence-corrected chi connectivity index (χ3v) is 2.67. The van der Waals surface area contributed by atoms with E-state index in [2.05, 4.69) is 18.6 Å². The van der Waals surface area contributed by atoms with Gasteiger partial charge in [-0.25, -0.2) is 0 Å². The van der Waals surface area contributed by atoms with Crippen molar-refractivity contribution in [1.29, 1.82) is 0 Å². The Morgan fingerprint density at radius 3 is 2.53 bits per heavy atom. The third-order valence-electron chi connectivity index (χ3n) is 1.58. The summed E-state index contributed by atoms with van der Waals surface area (Å²) in [5.41, 5.74) is 0. The van der Waals surface area contributed by atoms with Crippen molar-refractivity contribution in [2.45, 2.75) is 45.2 Å². The van der Waals surface area contributed by atoms with Gasteiger partial charge in [0.15, 0.2) is 0 Å². The summed E-state index contributed by atoms with van der Waals surface area (Å²) in [4.78, 5) is 0. The van der Waals surface area contributed by atoms with Crippen LogP contribution in [-0.4, -0.2) is 11.9 Å². The molecule has 15 heavy (non-hydrogen) atoms. The topological polar surface area (TPSA) is 0 Å². The number of halogens is 3. The molecule has 1 radical (unpaired) electrons. The normalized spacial score (nSPS) is 10.9. The Bertz CT molecular complexity index is 200. The molecule has 4 heteroatoms. The van der Waals surface area contributed by atoms with Crippen LogP contribution in [0.1, 0.15) is 39.0 Å². The lowest BCUT2D eigenvalue weighted by Gasteiger charge is -1.98. The van der Waals surface area contributed by atoms with Crippen molar-refractivity contribution in [3.05, 3.63) is 5.75 Å². The Balaban J connectivity index is 3.21. The summed E-state index contributed by atoms with van der Waals surface area (Å²) in [6, 6.07) is 0. The fourth-order valence-electron chi connectivity index (χ4n) is 0.939. The van der Waals surface area contributed by atoms with Crippen molar-refractivity contribution in [3.63, 3.8) is 0 Å². The summed E-state index contributed by atoms with van der Waals surface area (Å²) in [5.74, 6) is 6.61. The number of hydrogen-bond acceptors (Lipinski definition) is 1. The zero-order chi connectivity index (χ0) is 11.6. The Labute approximate surface area is 94.0 Å². The summed E-state index contributed by atoms with van der Waals surface area (Å²) >= 11 is 1.78. The fourth-order valence-corrected chi connectivity index (χ4v) is 1.71. The van der Waals surface area contributed by atoms with Gasteiger partial charge in [-0.05, 0) is 25.0 Å². The molecule has 0 aromatic carbocycles. The van der Waals surface area contributed by atoms with Crippen molar-refractivity contribution in [3.8, 4) is 11.8 Å². The van der Waals surface area contributed by atoms with Crippen LogP contribution in [0.25, 0.3) is 0 Å². The van der Waals surface area contributed by atoms with Crippen LogP contribution in [0.2, 0.25) is 0 Å². The lowest BCUT2D eigenvalue weighted by Crippen LogP contribution is -2.01. The van der Waals surface area contributed by atoms with E-state index < -0.39 is 6.18 Å². The molecule has 0 unspecified atom stereocenters. The molecule has 0 heterocycles. The smallest absolute Gasteiger partial charge is 0.159 e. The van der Waals surface area contributed by atoms with E-state index in [9.17, 15) is 13.2 Å². The first-order chi connectivity index (χ1) is 7.06. The van der Waals surface area contributed by atoms with Crippen molar-refractivity contribution < 1.29 is 13.2 Å². The molecule has 0 bridgehead atoms. The molecule has 0 aromatic heterocycles. The van der Waals surface area contributed by atoms with Gasteiger partial charge < -0.3 is 0 Å². The van der Waals surface area contributed by atoms with Crippen LogP contribution in [0, 0.1) is 17.6 Å². The first kappa shape index (κ1) is 14.7. The molecular formula is C11H16F3S. The van der Waals surface area contributed by atoms with Crippen LogP contribution in [0.3, 0.4) is 0 Å². The Morgan fingerprint density at radius 2 is 1.93 bits per heavy atom. The maximum Gasteiger partial charge on any atom is 0.457 e. The second-order valence-corrected chi connectivity index (χ2v) is 4.13. The molecule has 0 nitrogen and oxygen atoms in total. The predicted molar refractivity (Wildman–Crippen MR) is 59.3 cm³/mol. The van der Waals surface area contributed by atoms with Gasteiger partial charge in [-0.1, -0.05) is 19.3 Å². The molecule has 0 spiro atoms. The highest BCUT2D eigenvalue weighted by Gasteiger charge is 2.22. The van der Waals surface area contributed by atoms with Crippen molar-refractivity contribution in [2.24, 2.45) is 0 Å². The average Bonchev–Trinajstić information content (AvgIpc) is 2.14. The van der Waals surface area contributed by atoms with Crippen molar-refractivity contribution in [1.82, 2.24) is 0 Å². The Kier molecular flexibility index (Phi) is 8.79. The van der Waals surface area contributed by atoms with Gasteiger partial charge in [0.2, 0.25) is 0 Å². The monoisotopic (exact) mass is 237 g/mol. The summed E-state index contributed by atoms with van der Waals surface area (Å²) < 4.78 is 34.8. The van der Waals surface area contributed by atoms with E-state index in [0.717, 1.165) is 31.4 Å². The third kappa shape index (κ3) is 13.7. The van der Waals surface area contributed by atoms with Crippen molar-refractivity contribution >= 4 is 11.8 Å². The SMILES string of the molecule is CC[CH]SCCCCCC#CC(F)(F)F. The minimum Gasteiger partial charge on any atom is -0.159 e. The molecule has 0 amide bonds. The maximum absolute atomic E-state index is 11.6. The molecule has 0 aromatic rings. The predicted octanol–water partition coefficient (Wildman–Crippen LogP) is 4.42. The lowest BCUT2D eigenvalue weighted by molar-refractivity contribution is -0.0697. The van der Waals surface area contributed by atoms with E-state index in [4.69, 9.17) is 0 Å². The quantitative estimate of drug-likeness (QED) is 0.466. The van der Waals surface area contributed by atoms with Gasteiger partial charge in [-0.3, -0.25) is 0 Å².